The molecule has 23 heavy (non-hydrogen) atoms. The molecule has 1 saturated heterocycles. The fourth-order valence-corrected chi connectivity index (χ4v) is 3.38. The van der Waals surface area contributed by atoms with Gasteiger partial charge in [0.05, 0.1) is 18.8 Å². The van der Waals surface area contributed by atoms with E-state index < -0.39 is 0 Å². The molecule has 6 heteroatoms. The van der Waals surface area contributed by atoms with E-state index in [4.69, 9.17) is 11.6 Å². The summed E-state index contributed by atoms with van der Waals surface area (Å²) in [6, 6.07) is 9.79. The number of benzene rings is 1. The Hall–Kier alpha value is -2.11. The predicted octanol–water partition coefficient (Wildman–Crippen LogP) is 3.01. The number of hydrogen-bond acceptors (Lipinski definition) is 4. The second kappa shape index (κ2) is 5.83. The summed E-state index contributed by atoms with van der Waals surface area (Å²) in [5.41, 5.74) is 2.82. The molecule has 0 saturated carbocycles. The van der Waals surface area contributed by atoms with Crippen LogP contribution in [-0.4, -0.2) is 38.9 Å². The lowest BCUT2D eigenvalue weighted by Gasteiger charge is -2.25. The van der Waals surface area contributed by atoms with E-state index in [2.05, 4.69) is 15.0 Å². The lowest BCUT2D eigenvalue weighted by molar-refractivity contribution is 0.265. The first-order valence-corrected chi connectivity index (χ1v) is 8.12. The highest BCUT2D eigenvalue weighted by molar-refractivity contribution is 6.30. The molecule has 5 nitrogen and oxygen atoms in total. The third-order valence-electron chi connectivity index (χ3n) is 4.42. The van der Waals surface area contributed by atoms with Crippen molar-refractivity contribution < 1.29 is 5.11 Å². The van der Waals surface area contributed by atoms with Crippen molar-refractivity contribution in [2.45, 2.75) is 18.9 Å². The average Bonchev–Trinajstić information content (AvgIpc) is 3.22. The topological polar surface area (TPSA) is 53.7 Å². The molecular formula is C17H17ClN4O. The lowest BCUT2D eigenvalue weighted by Crippen LogP contribution is -2.33. The van der Waals surface area contributed by atoms with E-state index in [-0.39, 0.29) is 12.6 Å². The van der Waals surface area contributed by atoms with Crippen LogP contribution in [0.3, 0.4) is 0 Å². The van der Waals surface area contributed by atoms with Gasteiger partial charge in [-0.25, -0.2) is 4.98 Å². The highest BCUT2D eigenvalue weighted by Gasteiger charge is 2.26. The fraction of sp³-hybridized carbons (Fsp3) is 0.294. The van der Waals surface area contributed by atoms with Gasteiger partial charge in [0.15, 0.2) is 5.65 Å². The molecule has 1 aliphatic rings. The van der Waals surface area contributed by atoms with E-state index in [9.17, 15) is 5.11 Å². The Labute approximate surface area is 139 Å². The van der Waals surface area contributed by atoms with Gasteiger partial charge < -0.3 is 10.0 Å². The summed E-state index contributed by atoms with van der Waals surface area (Å²) >= 11 is 5.97. The molecule has 1 atom stereocenters. The van der Waals surface area contributed by atoms with E-state index >= 15 is 0 Å². The summed E-state index contributed by atoms with van der Waals surface area (Å²) in [4.78, 5) is 6.72. The maximum atomic E-state index is 9.58. The van der Waals surface area contributed by atoms with E-state index in [1.165, 1.54) is 0 Å². The van der Waals surface area contributed by atoms with Crippen molar-refractivity contribution in [3.05, 3.63) is 47.7 Å². The molecule has 1 aromatic carbocycles. The van der Waals surface area contributed by atoms with Crippen LogP contribution >= 0.6 is 11.6 Å². The minimum Gasteiger partial charge on any atom is -0.394 e. The zero-order valence-electron chi connectivity index (χ0n) is 12.6. The van der Waals surface area contributed by atoms with Crippen molar-refractivity contribution in [1.82, 2.24) is 14.6 Å². The van der Waals surface area contributed by atoms with Crippen molar-refractivity contribution in [3.63, 3.8) is 0 Å². The summed E-state index contributed by atoms with van der Waals surface area (Å²) in [6.45, 7) is 1.09. The maximum Gasteiger partial charge on any atom is 0.165 e. The lowest BCUT2D eigenvalue weighted by atomic mass is 10.1. The molecule has 118 valence electrons. The van der Waals surface area contributed by atoms with Crippen molar-refractivity contribution >= 4 is 23.1 Å². The molecule has 2 aromatic heterocycles. The minimum absolute atomic E-state index is 0.156. The first-order chi connectivity index (χ1) is 11.3. The monoisotopic (exact) mass is 328 g/mol. The first-order valence-electron chi connectivity index (χ1n) is 7.74. The Kier molecular flexibility index (Phi) is 3.67. The normalized spacial score (nSPS) is 18.0. The number of nitrogens with zero attached hydrogens (tertiary/aromatic N) is 4. The molecule has 0 bridgehead atoms. The number of anilines is 1. The summed E-state index contributed by atoms with van der Waals surface area (Å²) < 4.78 is 1.86. The van der Waals surface area contributed by atoms with Gasteiger partial charge in [0, 0.05) is 23.3 Å². The van der Waals surface area contributed by atoms with Gasteiger partial charge in [-0.05, 0) is 36.6 Å². The summed E-state index contributed by atoms with van der Waals surface area (Å²) in [7, 11) is 0. The van der Waals surface area contributed by atoms with Gasteiger partial charge in [-0.2, -0.15) is 9.61 Å². The van der Waals surface area contributed by atoms with Crippen molar-refractivity contribution in [2.75, 3.05) is 18.1 Å². The van der Waals surface area contributed by atoms with E-state index in [1.54, 1.807) is 6.20 Å². The Bertz CT molecular complexity index is 830. The smallest absolute Gasteiger partial charge is 0.165 e. The highest BCUT2D eigenvalue weighted by Crippen LogP contribution is 2.29. The van der Waals surface area contributed by atoms with Crippen molar-refractivity contribution in [3.8, 4) is 11.1 Å². The van der Waals surface area contributed by atoms with Gasteiger partial charge in [-0.1, -0.05) is 23.7 Å². The Balaban J connectivity index is 1.82. The fourth-order valence-electron chi connectivity index (χ4n) is 3.26. The van der Waals surface area contributed by atoms with E-state index in [0.29, 0.717) is 5.02 Å². The van der Waals surface area contributed by atoms with Gasteiger partial charge in [-0.3, -0.25) is 0 Å². The second-order valence-electron chi connectivity index (χ2n) is 5.78. The maximum absolute atomic E-state index is 9.58. The van der Waals surface area contributed by atoms with Gasteiger partial charge in [-0.15, -0.1) is 0 Å². The standard InChI is InChI=1S/C17H17ClN4O/c18-13-5-3-12(4-6-13)15-10-20-22-16(7-8-19-17(15)22)21-9-1-2-14(21)11-23/h3-8,10,14,23H,1-2,9,11H2/t14-/m0/s1. The molecule has 3 aromatic rings. The average molecular weight is 329 g/mol. The van der Waals surface area contributed by atoms with Crippen LogP contribution in [0.4, 0.5) is 5.82 Å². The first kappa shape index (κ1) is 14.5. The van der Waals surface area contributed by atoms with Gasteiger partial charge in [0.25, 0.3) is 0 Å². The molecule has 4 rings (SSSR count). The van der Waals surface area contributed by atoms with Crippen LogP contribution in [0.5, 0.6) is 0 Å². The summed E-state index contributed by atoms with van der Waals surface area (Å²) in [5, 5.41) is 14.8. The van der Waals surface area contributed by atoms with Gasteiger partial charge in [0.1, 0.15) is 5.82 Å². The van der Waals surface area contributed by atoms with E-state index in [1.807, 2.05) is 41.0 Å². The predicted molar refractivity (Wildman–Crippen MR) is 90.9 cm³/mol. The molecule has 0 aliphatic carbocycles. The molecule has 3 heterocycles. The molecule has 0 radical (unpaired) electrons. The molecule has 0 unspecified atom stereocenters. The Morgan fingerprint density at radius 2 is 2.04 bits per heavy atom. The number of fused-ring (bicyclic) bond motifs is 1. The molecular weight excluding hydrogens is 312 g/mol. The van der Waals surface area contributed by atoms with Gasteiger partial charge in [0.2, 0.25) is 0 Å². The Morgan fingerprint density at radius 1 is 1.22 bits per heavy atom. The zero-order chi connectivity index (χ0) is 15.8. The minimum atomic E-state index is 0.156. The van der Waals surface area contributed by atoms with Gasteiger partial charge >= 0.3 is 0 Å². The SMILES string of the molecule is OC[C@@H]1CCCN1c1ccnc2c(-c3ccc(Cl)cc3)cnn12. The van der Waals surface area contributed by atoms with E-state index in [0.717, 1.165) is 42.0 Å². The Morgan fingerprint density at radius 3 is 2.83 bits per heavy atom. The summed E-state index contributed by atoms with van der Waals surface area (Å²) in [5.74, 6) is 0.978. The molecule has 1 fully saturated rings. The number of aliphatic hydroxyl groups excluding tert-OH is 1. The van der Waals surface area contributed by atoms with Crippen LogP contribution in [0.15, 0.2) is 42.7 Å². The molecule has 0 spiro atoms. The van der Waals surface area contributed by atoms with Crippen molar-refractivity contribution in [1.29, 1.82) is 0 Å². The number of rotatable bonds is 3. The van der Waals surface area contributed by atoms with Crippen molar-refractivity contribution in [2.24, 2.45) is 0 Å². The van der Waals surface area contributed by atoms with Crippen LogP contribution < -0.4 is 4.90 Å². The number of aliphatic hydroxyl groups is 1. The van der Waals surface area contributed by atoms with Crippen LogP contribution in [0.25, 0.3) is 16.8 Å². The third kappa shape index (κ3) is 2.46. The zero-order valence-corrected chi connectivity index (χ0v) is 13.3. The number of hydrogen-bond donors (Lipinski definition) is 1. The number of halogens is 1. The molecule has 0 amide bonds. The van der Waals surface area contributed by atoms with Crippen LogP contribution in [0.1, 0.15) is 12.8 Å². The highest BCUT2D eigenvalue weighted by atomic mass is 35.5. The summed E-state index contributed by atoms with van der Waals surface area (Å²) in [6.07, 6.45) is 5.73. The van der Waals surface area contributed by atoms with Crippen LogP contribution in [0, 0.1) is 0 Å². The molecule has 1 N–H and O–H groups in total. The molecule has 1 aliphatic heterocycles. The van der Waals surface area contributed by atoms with Crippen LogP contribution in [0.2, 0.25) is 5.02 Å². The van der Waals surface area contributed by atoms with Crippen LogP contribution in [-0.2, 0) is 0 Å². The quantitative estimate of drug-likeness (QED) is 0.803. The largest absolute Gasteiger partial charge is 0.394 e. The second-order valence-corrected chi connectivity index (χ2v) is 6.21. The third-order valence-corrected chi connectivity index (χ3v) is 4.67. The number of aromatic nitrogens is 3.